The summed E-state index contributed by atoms with van der Waals surface area (Å²) in [6, 6.07) is 1.61. The van der Waals surface area contributed by atoms with Crippen molar-refractivity contribution in [3.8, 4) is 0 Å². The molecule has 0 spiro atoms. The van der Waals surface area contributed by atoms with Crippen molar-refractivity contribution >= 4 is 5.69 Å². The lowest BCUT2D eigenvalue weighted by atomic mass is 10.1. The summed E-state index contributed by atoms with van der Waals surface area (Å²) in [6.45, 7) is 2.02. The van der Waals surface area contributed by atoms with E-state index in [2.05, 4.69) is 20.1 Å². The van der Waals surface area contributed by atoms with Crippen LogP contribution < -0.4 is 0 Å². The maximum absolute atomic E-state index is 10.9. The minimum absolute atomic E-state index is 0.0365. The van der Waals surface area contributed by atoms with Gasteiger partial charge in [0, 0.05) is 37.2 Å². The molecule has 2 aliphatic rings. The third kappa shape index (κ3) is 2.57. The minimum Gasteiger partial charge on any atom is -0.424 e. The Balaban J connectivity index is 1.48. The second kappa shape index (κ2) is 5.13. The fourth-order valence-corrected chi connectivity index (χ4v) is 2.72. The molecule has 0 unspecified atom stereocenters. The smallest absolute Gasteiger partial charge is 0.287 e. The van der Waals surface area contributed by atoms with Gasteiger partial charge in [-0.15, -0.1) is 10.2 Å². The Morgan fingerprint density at radius 3 is 3.05 bits per heavy atom. The summed E-state index contributed by atoms with van der Waals surface area (Å²) >= 11 is 0. The predicted octanol–water partition coefficient (Wildman–Crippen LogP) is 1.81. The highest BCUT2D eigenvalue weighted by Gasteiger charge is 2.30. The van der Waals surface area contributed by atoms with E-state index in [4.69, 9.17) is 4.42 Å². The summed E-state index contributed by atoms with van der Waals surface area (Å²) in [6.07, 6.45) is 4.37. The van der Waals surface area contributed by atoms with Gasteiger partial charge in [0.1, 0.15) is 6.20 Å². The average Bonchev–Trinajstić information content (AvgIpc) is 3.27. The van der Waals surface area contributed by atoms with Gasteiger partial charge in [-0.3, -0.25) is 20.0 Å². The van der Waals surface area contributed by atoms with Crippen LogP contribution in [0, 0.1) is 10.1 Å². The van der Waals surface area contributed by atoms with Crippen LogP contribution in [0.25, 0.3) is 0 Å². The number of nitro groups is 1. The van der Waals surface area contributed by atoms with Crippen molar-refractivity contribution in [2.45, 2.75) is 38.3 Å². The van der Waals surface area contributed by atoms with Crippen LogP contribution in [0.4, 0.5) is 5.69 Å². The number of hydrogen-bond acceptors (Lipinski definition) is 7. The normalized spacial score (nSPS) is 18.2. The van der Waals surface area contributed by atoms with E-state index in [0.717, 1.165) is 43.0 Å². The molecule has 1 aliphatic carbocycles. The summed E-state index contributed by atoms with van der Waals surface area (Å²) in [5.74, 6) is 1.81. The Morgan fingerprint density at radius 1 is 1.41 bits per heavy atom. The van der Waals surface area contributed by atoms with Gasteiger partial charge < -0.3 is 4.42 Å². The Hall–Kier alpha value is -2.35. The van der Waals surface area contributed by atoms with Gasteiger partial charge in [-0.1, -0.05) is 0 Å². The highest BCUT2D eigenvalue weighted by atomic mass is 16.6. The molecule has 0 N–H and O–H groups in total. The standard InChI is InChI=1S/C14H15N5O3/c20-19(21)11-5-10-7-18(4-3-12(10)15-6-11)8-13-16-17-14(22-13)9-1-2-9/h5-6,9H,1-4,7-8H2. The summed E-state index contributed by atoms with van der Waals surface area (Å²) in [4.78, 5) is 16.8. The molecule has 0 amide bonds. The lowest BCUT2D eigenvalue weighted by molar-refractivity contribution is -0.385. The van der Waals surface area contributed by atoms with Crippen molar-refractivity contribution < 1.29 is 9.34 Å². The lowest BCUT2D eigenvalue weighted by Crippen LogP contribution is -2.30. The van der Waals surface area contributed by atoms with Gasteiger partial charge in [0.2, 0.25) is 11.8 Å². The lowest BCUT2D eigenvalue weighted by Gasteiger charge is -2.26. The fraction of sp³-hybridized carbons (Fsp3) is 0.500. The van der Waals surface area contributed by atoms with Gasteiger partial charge in [0.25, 0.3) is 5.69 Å². The predicted molar refractivity (Wildman–Crippen MR) is 75.0 cm³/mol. The highest BCUT2D eigenvalue weighted by Crippen LogP contribution is 2.39. The molecule has 0 atom stereocenters. The van der Waals surface area contributed by atoms with E-state index in [1.54, 1.807) is 6.07 Å². The van der Waals surface area contributed by atoms with Gasteiger partial charge in [0.15, 0.2) is 0 Å². The Bertz CT molecular complexity index is 725. The monoisotopic (exact) mass is 301 g/mol. The first kappa shape index (κ1) is 13.3. The molecule has 22 heavy (non-hydrogen) atoms. The van der Waals surface area contributed by atoms with Crippen molar-refractivity contribution in [1.29, 1.82) is 0 Å². The molecule has 2 aromatic heterocycles. The van der Waals surface area contributed by atoms with Crippen molar-refractivity contribution in [2.24, 2.45) is 0 Å². The maximum Gasteiger partial charge on any atom is 0.287 e. The Morgan fingerprint density at radius 2 is 2.27 bits per heavy atom. The molecule has 1 aliphatic heterocycles. The largest absolute Gasteiger partial charge is 0.424 e. The van der Waals surface area contributed by atoms with E-state index in [0.29, 0.717) is 24.9 Å². The number of hydrogen-bond donors (Lipinski definition) is 0. The van der Waals surface area contributed by atoms with E-state index < -0.39 is 4.92 Å². The molecule has 1 fully saturated rings. The van der Waals surface area contributed by atoms with E-state index >= 15 is 0 Å². The minimum atomic E-state index is -0.411. The molecule has 0 radical (unpaired) electrons. The topological polar surface area (TPSA) is 98.2 Å². The molecule has 8 heteroatoms. The molecular formula is C14H15N5O3. The molecule has 3 heterocycles. The number of aromatic nitrogens is 3. The van der Waals surface area contributed by atoms with E-state index in [1.165, 1.54) is 6.20 Å². The van der Waals surface area contributed by atoms with E-state index in [-0.39, 0.29) is 5.69 Å². The molecule has 1 saturated carbocycles. The molecule has 0 saturated heterocycles. The first-order valence-corrected chi connectivity index (χ1v) is 7.36. The third-order valence-electron chi connectivity index (χ3n) is 4.08. The van der Waals surface area contributed by atoms with Crippen molar-refractivity contribution in [3.05, 3.63) is 45.4 Å². The van der Waals surface area contributed by atoms with Crippen LogP contribution >= 0.6 is 0 Å². The number of pyridine rings is 1. The van der Waals surface area contributed by atoms with Crippen molar-refractivity contribution in [1.82, 2.24) is 20.1 Å². The van der Waals surface area contributed by atoms with Gasteiger partial charge in [-0.25, -0.2) is 0 Å². The third-order valence-corrected chi connectivity index (χ3v) is 4.08. The van der Waals surface area contributed by atoms with Crippen LogP contribution in [-0.4, -0.2) is 31.5 Å². The SMILES string of the molecule is O=[N+]([O-])c1cnc2c(c1)CN(Cc1nnc(C3CC3)o1)CC2. The van der Waals surface area contributed by atoms with Crippen molar-refractivity contribution in [3.63, 3.8) is 0 Å². The zero-order valence-electron chi connectivity index (χ0n) is 11.9. The molecule has 2 aromatic rings. The average molecular weight is 301 g/mol. The molecule has 114 valence electrons. The summed E-state index contributed by atoms with van der Waals surface area (Å²) in [5.41, 5.74) is 1.88. The maximum atomic E-state index is 10.9. The zero-order valence-corrected chi connectivity index (χ0v) is 11.9. The second-order valence-corrected chi connectivity index (χ2v) is 5.83. The Labute approximate surface area is 126 Å². The van der Waals surface area contributed by atoms with Crippen LogP contribution in [0.1, 0.15) is 41.8 Å². The second-order valence-electron chi connectivity index (χ2n) is 5.83. The van der Waals surface area contributed by atoms with Crippen molar-refractivity contribution in [2.75, 3.05) is 6.54 Å². The summed E-state index contributed by atoms with van der Waals surface area (Å²) in [5, 5.41) is 19.0. The van der Waals surface area contributed by atoms with Crippen LogP contribution in [0.2, 0.25) is 0 Å². The highest BCUT2D eigenvalue weighted by molar-refractivity contribution is 5.35. The Kier molecular flexibility index (Phi) is 3.11. The first-order chi connectivity index (χ1) is 10.7. The summed E-state index contributed by atoms with van der Waals surface area (Å²) < 4.78 is 5.67. The van der Waals surface area contributed by atoms with Crippen LogP contribution in [0.5, 0.6) is 0 Å². The van der Waals surface area contributed by atoms with Gasteiger partial charge in [-0.2, -0.15) is 0 Å². The first-order valence-electron chi connectivity index (χ1n) is 7.36. The fourth-order valence-electron chi connectivity index (χ4n) is 2.72. The van der Waals surface area contributed by atoms with Gasteiger partial charge >= 0.3 is 0 Å². The molecule has 0 bridgehead atoms. The quantitative estimate of drug-likeness (QED) is 0.627. The molecule has 4 rings (SSSR count). The zero-order chi connectivity index (χ0) is 15.1. The number of rotatable bonds is 4. The molecule has 8 nitrogen and oxygen atoms in total. The van der Waals surface area contributed by atoms with Gasteiger partial charge in [0.05, 0.1) is 11.5 Å². The van der Waals surface area contributed by atoms with E-state index in [1.807, 2.05) is 0 Å². The molecular weight excluding hydrogens is 286 g/mol. The number of nitrogens with zero attached hydrogens (tertiary/aromatic N) is 5. The van der Waals surface area contributed by atoms with Gasteiger partial charge in [-0.05, 0) is 18.4 Å². The van der Waals surface area contributed by atoms with E-state index in [9.17, 15) is 10.1 Å². The van der Waals surface area contributed by atoms with Crippen LogP contribution in [0.3, 0.4) is 0 Å². The van der Waals surface area contributed by atoms with Crippen LogP contribution in [0.15, 0.2) is 16.7 Å². The molecule has 0 aromatic carbocycles. The number of fused-ring (bicyclic) bond motifs is 1. The summed E-state index contributed by atoms with van der Waals surface area (Å²) in [7, 11) is 0. The van der Waals surface area contributed by atoms with Crippen LogP contribution in [-0.2, 0) is 19.5 Å².